The molecule has 0 spiro atoms. The van der Waals surface area contributed by atoms with Gasteiger partial charge in [-0.2, -0.15) is 0 Å². The van der Waals surface area contributed by atoms with Crippen LogP contribution in [0.15, 0.2) is 41.3 Å². The maximum Gasteiger partial charge on any atom is 0.312 e. The minimum atomic E-state index is -4.64. The molecule has 144 valence electrons. The molecule has 1 amide bonds. The molecule has 3 atom stereocenters. The van der Waals surface area contributed by atoms with E-state index < -0.39 is 55.0 Å². The fraction of sp³-hybridized carbons (Fsp3) is 0.375. The molecule has 2 aliphatic heterocycles. The number of sulfonamides is 1. The van der Waals surface area contributed by atoms with Crippen molar-refractivity contribution < 1.29 is 32.8 Å². The fourth-order valence-corrected chi connectivity index (χ4v) is 5.08. The summed E-state index contributed by atoms with van der Waals surface area (Å²) in [6.07, 6.45) is 2.19. The van der Waals surface area contributed by atoms with Crippen LogP contribution < -0.4 is 0 Å². The SMILES string of the molecule is CCOC(=O)[C@H]1C[C@H]2C=C[C@]1(O)C(=O)N2S(=O)(=O)c1ccccc1[N+](=O)[O-]. The molecule has 0 unspecified atom stereocenters. The number of carbonyl (C=O) groups excluding carboxylic acids is 2. The molecule has 2 bridgehead atoms. The predicted molar refractivity (Wildman–Crippen MR) is 89.7 cm³/mol. The average molecular weight is 396 g/mol. The smallest absolute Gasteiger partial charge is 0.312 e. The van der Waals surface area contributed by atoms with Gasteiger partial charge in [-0.3, -0.25) is 19.7 Å². The molecule has 4 rings (SSSR count). The van der Waals surface area contributed by atoms with Gasteiger partial charge < -0.3 is 9.84 Å². The second kappa shape index (κ2) is 6.43. The number of aliphatic hydroxyl groups is 1. The quantitative estimate of drug-likeness (QED) is 0.325. The van der Waals surface area contributed by atoms with E-state index >= 15 is 0 Å². The number of ether oxygens (including phenoxy) is 1. The second-order valence-corrected chi connectivity index (χ2v) is 7.91. The van der Waals surface area contributed by atoms with Crippen LogP contribution in [0.25, 0.3) is 0 Å². The number of fused-ring (bicyclic) bond motifs is 2. The Labute approximate surface area is 154 Å². The zero-order valence-corrected chi connectivity index (χ0v) is 15.0. The van der Waals surface area contributed by atoms with Crippen LogP contribution in [0.1, 0.15) is 13.3 Å². The molecular formula is C16H16N2O8S. The van der Waals surface area contributed by atoms with Gasteiger partial charge >= 0.3 is 5.97 Å². The number of rotatable bonds is 5. The van der Waals surface area contributed by atoms with E-state index in [0.29, 0.717) is 4.31 Å². The lowest BCUT2D eigenvalue weighted by atomic mass is 9.73. The van der Waals surface area contributed by atoms with Gasteiger partial charge in [0.1, 0.15) is 5.92 Å². The van der Waals surface area contributed by atoms with E-state index in [1.165, 1.54) is 18.2 Å². The Kier molecular flexibility index (Phi) is 4.52. The number of piperidine rings is 1. The number of para-hydroxylation sites is 1. The lowest BCUT2D eigenvalue weighted by molar-refractivity contribution is -0.387. The van der Waals surface area contributed by atoms with Crippen LogP contribution in [0.3, 0.4) is 0 Å². The van der Waals surface area contributed by atoms with Gasteiger partial charge in [0.25, 0.3) is 21.6 Å². The van der Waals surface area contributed by atoms with Crippen molar-refractivity contribution in [2.45, 2.75) is 29.9 Å². The maximum absolute atomic E-state index is 13.0. The van der Waals surface area contributed by atoms with Crippen LogP contribution in [0.4, 0.5) is 5.69 Å². The van der Waals surface area contributed by atoms with Crippen LogP contribution in [0.5, 0.6) is 0 Å². The predicted octanol–water partition coefficient (Wildman–Crippen LogP) is 0.365. The molecule has 11 heteroatoms. The minimum absolute atomic E-state index is 0.0339. The molecule has 1 aromatic rings. The molecule has 1 aromatic carbocycles. The normalized spacial score (nSPS) is 26.9. The first kappa shape index (κ1) is 19.0. The third-order valence-corrected chi connectivity index (χ3v) is 6.45. The van der Waals surface area contributed by atoms with Crippen molar-refractivity contribution >= 4 is 27.6 Å². The van der Waals surface area contributed by atoms with Crippen LogP contribution in [-0.2, 0) is 24.3 Å². The Balaban J connectivity index is 2.06. The van der Waals surface area contributed by atoms with E-state index in [2.05, 4.69) is 0 Å². The Hall–Kier alpha value is -2.79. The molecule has 0 saturated carbocycles. The largest absolute Gasteiger partial charge is 0.466 e. The van der Waals surface area contributed by atoms with Crippen LogP contribution in [0.2, 0.25) is 0 Å². The van der Waals surface area contributed by atoms with Crippen molar-refractivity contribution in [3.63, 3.8) is 0 Å². The standard InChI is InChI=1S/C16H16N2O8S/c1-2-26-14(19)11-9-10-7-8-16(11,21)15(20)17(10)27(24,25)13-6-4-3-5-12(13)18(22)23/h3-8,10-11,21H,2,9H2,1H3/t10-,11-,16-/m1/s1. The van der Waals surface area contributed by atoms with E-state index in [9.17, 15) is 33.2 Å². The van der Waals surface area contributed by atoms with Gasteiger partial charge in [0, 0.05) is 6.07 Å². The molecule has 1 aliphatic carbocycles. The Morgan fingerprint density at radius 3 is 2.74 bits per heavy atom. The summed E-state index contributed by atoms with van der Waals surface area (Å²) in [6.45, 7) is 1.60. The van der Waals surface area contributed by atoms with Crippen LogP contribution in [0, 0.1) is 16.0 Å². The molecule has 3 aliphatic rings. The number of amides is 1. The van der Waals surface area contributed by atoms with Crippen LogP contribution >= 0.6 is 0 Å². The number of esters is 1. The highest BCUT2D eigenvalue weighted by Gasteiger charge is 2.60. The molecule has 2 heterocycles. The van der Waals surface area contributed by atoms with Gasteiger partial charge in [-0.1, -0.05) is 18.2 Å². The monoisotopic (exact) mass is 396 g/mol. The highest BCUT2D eigenvalue weighted by Crippen LogP contribution is 2.43. The maximum atomic E-state index is 13.0. The van der Waals surface area contributed by atoms with E-state index in [1.807, 2.05) is 0 Å². The summed E-state index contributed by atoms with van der Waals surface area (Å²) < 4.78 is 31.3. The summed E-state index contributed by atoms with van der Waals surface area (Å²) in [7, 11) is -4.64. The highest BCUT2D eigenvalue weighted by molar-refractivity contribution is 7.89. The third kappa shape index (κ3) is 2.79. The Morgan fingerprint density at radius 2 is 2.11 bits per heavy atom. The van der Waals surface area contributed by atoms with E-state index in [4.69, 9.17) is 4.74 Å². The number of benzene rings is 1. The van der Waals surface area contributed by atoms with Gasteiger partial charge in [0.2, 0.25) is 0 Å². The number of hydrogen-bond donors (Lipinski definition) is 1. The summed E-state index contributed by atoms with van der Waals surface area (Å²) in [5.41, 5.74) is -3.08. The topological polar surface area (TPSA) is 144 Å². The summed E-state index contributed by atoms with van der Waals surface area (Å²) >= 11 is 0. The molecular weight excluding hydrogens is 380 g/mol. The molecule has 0 aromatic heterocycles. The van der Waals surface area contributed by atoms with Crippen molar-refractivity contribution in [3.8, 4) is 0 Å². The molecule has 27 heavy (non-hydrogen) atoms. The Morgan fingerprint density at radius 1 is 1.44 bits per heavy atom. The van der Waals surface area contributed by atoms with Crippen molar-refractivity contribution in [2.24, 2.45) is 5.92 Å². The zero-order valence-electron chi connectivity index (χ0n) is 14.1. The van der Waals surface area contributed by atoms with E-state index in [1.54, 1.807) is 6.92 Å². The summed E-state index contributed by atoms with van der Waals surface area (Å²) in [6, 6.07) is 3.54. The van der Waals surface area contributed by atoms with Crippen molar-refractivity contribution in [2.75, 3.05) is 6.61 Å². The number of nitro groups is 1. The third-order valence-electron chi connectivity index (χ3n) is 4.59. The molecule has 1 saturated heterocycles. The average Bonchev–Trinajstić information content (AvgIpc) is 2.62. The fourth-order valence-electron chi connectivity index (χ4n) is 3.33. The first-order chi connectivity index (χ1) is 12.6. The van der Waals surface area contributed by atoms with Gasteiger partial charge in [0.05, 0.1) is 17.6 Å². The number of hydrogen-bond acceptors (Lipinski definition) is 8. The van der Waals surface area contributed by atoms with Crippen molar-refractivity contribution in [1.82, 2.24) is 4.31 Å². The van der Waals surface area contributed by atoms with Crippen LogP contribution in [-0.4, -0.2) is 52.9 Å². The van der Waals surface area contributed by atoms with Gasteiger partial charge in [0.15, 0.2) is 10.5 Å². The molecule has 10 nitrogen and oxygen atoms in total. The molecule has 1 fully saturated rings. The first-order valence-electron chi connectivity index (χ1n) is 8.05. The zero-order chi connectivity index (χ0) is 20.0. The number of nitro benzene ring substituents is 1. The lowest BCUT2D eigenvalue weighted by Crippen LogP contribution is -2.66. The van der Waals surface area contributed by atoms with Crippen molar-refractivity contribution in [3.05, 3.63) is 46.5 Å². The van der Waals surface area contributed by atoms with E-state index in [0.717, 1.165) is 18.2 Å². The second-order valence-electron chi connectivity index (χ2n) is 6.12. The number of carbonyl (C=O) groups is 2. The van der Waals surface area contributed by atoms with Gasteiger partial charge in [-0.05, 0) is 25.5 Å². The molecule has 1 N–H and O–H groups in total. The minimum Gasteiger partial charge on any atom is -0.466 e. The van der Waals surface area contributed by atoms with E-state index in [-0.39, 0.29) is 13.0 Å². The summed E-state index contributed by atoms with van der Waals surface area (Å²) in [4.78, 5) is 34.5. The Bertz CT molecular complexity index is 957. The lowest BCUT2D eigenvalue weighted by Gasteiger charge is -2.47. The number of nitrogens with zero attached hydrogens (tertiary/aromatic N) is 2. The van der Waals surface area contributed by atoms with Gasteiger partial charge in [-0.25, -0.2) is 12.7 Å². The van der Waals surface area contributed by atoms with Gasteiger partial charge in [-0.15, -0.1) is 0 Å². The van der Waals surface area contributed by atoms with Crippen molar-refractivity contribution in [1.29, 1.82) is 0 Å². The summed E-state index contributed by atoms with van der Waals surface area (Å²) in [5, 5.41) is 21.9. The highest BCUT2D eigenvalue weighted by atomic mass is 32.2. The first-order valence-corrected chi connectivity index (χ1v) is 9.49. The molecule has 0 radical (unpaired) electrons. The summed E-state index contributed by atoms with van der Waals surface area (Å²) in [5.74, 6) is -3.31.